The smallest absolute Gasteiger partial charge is 0.123 e. The van der Waals surface area contributed by atoms with Gasteiger partial charge in [0.2, 0.25) is 0 Å². The van der Waals surface area contributed by atoms with E-state index in [2.05, 4.69) is 0 Å². The molecule has 3 aliphatic rings. The minimum atomic E-state index is -1.29. The number of carbonyl (C=O) groups is 1. The average molecular weight is 421 g/mol. The first kappa shape index (κ1) is 22.7. The minimum Gasteiger partial charge on any atom is -0.545 e. The molecule has 1 aromatic rings. The molecule has 0 aromatic heterocycles. The second-order valence-corrected chi connectivity index (χ2v) is 11.8. The molecule has 2 nitrogen and oxygen atoms in total. The summed E-state index contributed by atoms with van der Waals surface area (Å²) in [4.78, 5) is 10.1. The van der Waals surface area contributed by atoms with E-state index >= 15 is 0 Å². The molecule has 1 aromatic carbocycles. The van der Waals surface area contributed by atoms with Crippen molar-refractivity contribution in [1.82, 2.24) is 0 Å². The van der Waals surface area contributed by atoms with Gasteiger partial charge in [0.15, 0.2) is 0 Å². The predicted molar refractivity (Wildman–Crippen MR) is 119 cm³/mol. The Morgan fingerprint density at radius 2 is 1.03 bits per heavy atom. The second-order valence-electron chi connectivity index (χ2n) is 8.98. The van der Waals surface area contributed by atoms with Gasteiger partial charge >= 0.3 is 0 Å². The monoisotopic (exact) mass is 420 g/mol. The van der Waals surface area contributed by atoms with Gasteiger partial charge in [-0.05, 0) is 106 Å². The van der Waals surface area contributed by atoms with E-state index in [1.807, 2.05) is 0 Å². The van der Waals surface area contributed by atoms with Gasteiger partial charge in [0.25, 0.3) is 0 Å². The van der Waals surface area contributed by atoms with Crippen LogP contribution in [-0.2, 0) is 10.9 Å². The summed E-state index contributed by atoms with van der Waals surface area (Å²) in [5.74, 6) is -1.75. The summed E-state index contributed by atoms with van der Waals surface area (Å²) in [6.07, 6.45) is 23.4. The van der Waals surface area contributed by atoms with Gasteiger partial charge in [-0.15, -0.1) is 0 Å². The Labute approximate surface area is 179 Å². The van der Waals surface area contributed by atoms with E-state index in [9.17, 15) is 14.3 Å². The lowest BCUT2D eigenvalue weighted by atomic mass is 9.99. The van der Waals surface area contributed by atoms with E-state index in [4.69, 9.17) is 0 Å². The Morgan fingerprint density at radius 3 is 1.34 bits per heavy atom. The largest absolute Gasteiger partial charge is 0.545 e. The molecule has 3 fully saturated rings. The molecule has 0 spiro atoms. The number of aromatic carboxylic acids is 1. The van der Waals surface area contributed by atoms with Crippen LogP contribution >= 0.6 is 0 Å². The highest BCUT2D eigenvalue weighted by molar-refractivity contribution is 7.98. The predicted octanol–water partition coefficient (Wildman–Crippen LogP) is 5.79. The molecule has 0 N–H and O–H groups in total. The van der Waals surface area contributed by atoms with E-state index < -0.39 is 11.8 Å². The van der Waals surface area contributed by atoms with Gasteiger partial charge in [-0.3, -0.25) is 0 Å². The standard InChI is InChI=1S/C18H33S.C7H5FO2/c1-4-10-16(11-5-1)19(17-12-6-2-7-13-17)18-14-8-3-9-15-18;8-6-3-1-5(2-4-6)7(9)10/h16-18H,1-15H2;1-4H,(H,9,10)/q+1;/p-1. The zero-order valence-corrected chi connectivity index (χ0v) is 18.6. The molecule has 0 amide bonds. The Hall–Kier alpha value is -1.03. The molecule has 0 atom stereocenters. The lowest BCUT2D eigenvalue weighted by Gasteiger charge is -2.36. The number of carboxylic acid groups (broad SMARTS) is 1. The van der Waals surface area contributed by atoms with E-state index in [1.54, 1.807) is 77.0 Å². The lowest BCUT2D eigenvalue weighted by Crippen LogP contribution is -2.43. The van der Waals surface area contributed by atoms with Gasteiger partial charge in [0.1, 0.15) is 21.6 Å². The molecule has 3 aliphatic carbocycles. The number of hydrogen-bond acceptors (Lipinski definition) is 2. The Balaban J connectivity index is 0.000000204. The number of hydrogen-bond donors (Lipinski definition) is 0. The molecule has 29 heavy (non-hydrogen) atoms. The van der Waals surface area contributed by atoms with Crippen molar-refractivity contribution in [1.29, 1.82) is 0 Å². The van der Waals surface area contributed by atoms with E-state index in [0.717, 1.165) is 50.9 Å². The second kappa shape index (κ2) is 12.0. The van der Waals surface area contributed by atoms with Gasteiger partial charge in [-0.25, -0.2) is 4.39 Å². The third-order valence-electron chi connectivity index (χ3n) is 6.89. The fourth-order valence-corrected chi connectivity index (χ4v) is 9.68. The van der Waals surface area contributed by atoms with E-state index in [0.29, 0.717) is 0 Å². The normalized spacial score (nSPS) is 22.1. The van der Waals surface area contributed by atoms with Crippen LogP contribution in [0.1, 0.15) is 107 Å². The molecule has 4 heteroatoms. The molecule has 0 unspecified atom stereocenters. The maximum atomic E-state index is 12.1. The lowest BCUT2D eigenvalue weighted by molar-refractivity contribution is -0.255. The quantitative estimate of drug-likeness (QED) is 0.578. The topological polar surface area (TPSA) is 40.1 Å². The van der Waals surface area contributed by atoms with Gasteiger partial charge in [-0.1, -0.05) is 31.4 Å². The van der Waals surface area contributed by atoms with Crippen LogP contribution in [0.4, 0.5) is 4.39 Å². The molecule has 3 saturated carbocycles. The summed E-state index contributed by atoms with van der Waals surface area (Å²) in [6, 6.07) is 4.46. The number of benzene rings is 1. The minimum absolute atomic E-state index is 0.0126. The summed E-state index contributed by atoms with van der Waals surface area (Å²) in [5.41, 5.74) is -0.0126. The molecule has 0 radical (unpaired) electrons. The maximum Gasteiger partial charge on any atom is 0.123 e. The van der Waals surface area contributed by atoms with E-state index in [-0.39, 0.29) is 5.56 Å². The fourth-order valence-electron chi connectivity index (χ4n) is 5.41. The van der Waals surface area contributed by atoms with Gasteiger partial charge < -0.3 is 9.90 Å². The number of carboxylic acids is 1. The van der Waals surface area contributed by atoms with Crippen LogP contribution in [0.5, 0.6) is 0 Å². The highest BCUT2D eigenvalue weighted by Gasteiger charge is 2.45. The van der Waals surface area contributed by atoms with Crippen molar-refractivity contribution < 1.29 is 14.3 Å². The Morgan fingerprint density at radius 1 is 0.690 bits per heavy atom. The Bertz CT molecular complexity index is 557. The van der Waals surface area contributed by atoms with Crippen molar-refractivity contribution in [3.63, 3.8) is 0 Å². The van der Waals surface area contributed by atoms with Crippen molar-refractivity contribution in [3.05, 3.63) is 35.6 Å². The van der Waals surface area contributed by atoms with Crippen molar-refractivity contribution >= 4 is 16.9 Å². The molecule has 4 rings (SSSR count). The van der Waals surface area contributed by atoms with Gasteiger partial charge in [-0.2, -0.15) is 0 Å². The zero-order chi connectivity index (χ0) is 20.5. The van der Waals surface area contributed by atoms with Gasteiger partial charge in [0.05, 0.1) is 5.97 Å². The van der Waals surface area contributed by atoms with Crippen molar-refractivity contribution in [3.8, 4) is 0 Å². The van der Waals surface area contributed by atoms with Crippen LogP contribution < -0.4 is 5.11 Å². The highest BCUT2D eigenvalue weighted by Crippen LogP contribution is 2.40. The van der Waals surface area contributed by atoms with Crippen LogP contribution in [0, 0.1) is 5.82 Å². The Kier molecular flexibility index (Phi) is 9.36. The first-order valence-corrected chi connectivity index (χ1v) is 13.2. The van der Waals surface area contributed by atoms with Crippen LogP contribution in [0.2, 0.25) is 0 Å². The van der Waals surface area contributed by atoms with Crippen LogP contribution in [0.3, 0.4) is 0 Å². The fraction of sp³-hybridized carbons (Fsp3) is 0.720. The number of rotatable bonds is 4. The van der Waals surface area contributed by atoms with Crippen molar-refractivity contribution in [2.24, 2.45) is 0 Å². The number of halogens is 1. The molecular formula is C25H37FO2S. The summed E-state index contributed by atoms with van der Waals surface area (Å²) >= 11 is 0. The molecule has 0 aliphatic heterocycles. The average Bonchev–Trinajstić information content (AvgIpc) is 2.77. The van der Waals surface area contributed by atoms with E-state index in [1.165, 1.54) is 19.3 Å². The molecule has 0 bridgehead atoms. The van der Waals surface area contributed by atoms with Crippen molar-refractivity contribution in [2.75, 3.05) is 0 Å². The molecule has 162 valence electrons. The van der Waals surface area contributed by atoms with Crippen LogP contribution in [-0.4, -0.2) is 21.7 Å². The SMILES string of the molecule is C1CCC([S+](C2CCCCC2)C2CCCCC2)CC1.O=C([O-])c1ccc(F)cc1. The zero-order valence-electron chi connectivity index (χ0n) is 17.8. The first-order valence-electron chi connectivity index (χ1n) is 11.8. The summed E-state index contributed by atoms with van der Waals surface area (Å²) < 4.78 is 12.1. The molecule has 0 heterocycles. The summed E-state index contributed by atoms with van der Waals surface area (Å²) in [6.45, 7) is 0. The van der Waals surface area contributed by atoms with Crippen LogP contribution in [0.15, 0.2) is 24.3 Å². The highest BCUT2D eigenvalue weighted by atomic mass is 32.2. The van der Waals surface area contributed by atoms with Gasteiger partial charge in [0, 0.05) is 0 Å². The summed E-state index contributed by atoms with van der Waals surface area (Å²) in [7, 11) is 0.816. The van der Waals surface area contributed by atoms with Crippen molar-refractivity contribution in [2.45, 2.75) is 112 Å². The summed E-state index contributed by atoms with van der Waals surface area (Å²) in [5, 5.41) is 13.5. The third-order valence-corrected chi connectivity index (χ3v) is 10.6. The molecule has 0 saturated heterocycles. The number of carbonyl (C=O) groups excluding carboxylic acids is 1. The first-order chi connectivity index (χ1) is 14.1. The molecular weight excluding hydrogens is 383 g/mol. The third kappa shape index (κ3) is 7.01. The van der Waals surface area contributed by atoms with Crippen LogP contribution in [0.25, 0.3) is 0 Å². The maximum absolute atomic E-state index is 12.1.